The van der Waals surface area contributed by atoms with E-state index in [-0.39, 0.29) is 5.75 Å². The molecule has 0 unspecified atom stereocenters. The summed E-state index contributed by atoms with van der Waals surface area (Å²) in [6, 6.07) is 9.58. The third-order valence-electron chi connectivity index (χ3n) is 4.22. The summed E-state index contributed by atoms with van der Waals surface area (Å²) in [5, 5.41) is 3.01. The molecule has 1 fully saturated rings. The third-order valence-corrected chi connectivity index (χ3v) is 6.40. The van der Waals surface area contributed by atoms with Crippen molar-refractivity contribution in [3.05, 3.63) is 47.0 Å². The van der Waals surface area contributed by atoms with Crippen LogP contribution in [0.25, 0.3) is 0 Å². The van der Waals surface area contributed by atoms with Crippen LogP contribution in [0.5, 0.6) is 11.5 Å². The minimum absolute atomic E-state index is 0.116. The Bertz CT molecular complexity index is 978. The molecule has 7 nitrogen and oxygen atoms in total. The van der Waals surface area contributed by atoms with Crippen LogP contribution in [0.3, 0.4) is 0 Å². The van der Waals surface area contributed by atoms with Gasteiger partial charge in [0.2, 0.25) is 10.0 Å². The highest BCUT2D eigenvalue weighted by atomic mass is 35.5. The summed E-state index contributed by atoms with van der Waals surface area (Å²) in [6.07, 6.45) is 0.569. The normalized spacial score (nSPS) is 15.4. The van der Waals surface area contributed by atoms with Gasteiger partial charge in [0.1, 0.15) is 0 Å². The minimum atomic E-state index is -3.31. The highest BCUT2D eigenvalue weighted by molar-refractivity contribution is 7.93. The first-order valence-corrected chi connectivity index (χ1v) is 10.2. The van der Waals surface area contributed by atoms with Crippen molar-refractivity contribution < 1.29 is 22.7 Å². The van der Waals surface area contributed by atoms with Gasteiger partial charge in [-0.1, -0.05) is 17.7 Å². The number of halogens is 1. The molecule has 27 heavy (non-hydrogen) atoms. The number of nitrogens with one attached hydrogen (secondary N) is 1. The smallest absolute Gasteiger partial charge is 0.255 e. The first-order chi connectivity index (χ1) is 12.9. The monoisotopic (exact) mass is 410 g/mol. The highest BCUT2D eigenvalue weighted by Gasteiger charge is 2.28. The molecule has 9 heteroatoms. The van der Waals surface area contributed by atoms with Gasteiger partial charge in [0.15, 0.2) is 11.5 Å². The quantitative estimate of drug-likeness (QED) is 0.818. The molecule has 0 aromatic heterocycles. The predicted octanol–water partition coefficient (Wildman–Crippen LogP) is 3.15. The molecular formula is C18H19ClN2O5S. The number of hydrogen-bond donors (Lipinski definition) is 1. The Kier molecular flexibility index (Phi) is 5.48. The van der Waals surface area contributed by atoms with Crippen LogP contribution < -0.4 is 19.1 Å². The molecule has 1 amide bonds. The van der Waals surface area contributed by atoms with Gasteiger partial charge in [-0.25, -0.2) is 8.42 Å². The Morgan fingerprint density at radius 2 is 1.85 bits per heavy atom. The number of carbonyl (C=O) groups excluding carboxylic acids is 1. The number of anilines is 2. The standard InChI is InChI=1S/C18H19ClN2O5S/c1-25-16-10-14(19)15(11-17(16)26-2)20-18(22)12-5-3-6-13(9-12)21-7-4-8-27(21,23)24/h3,5-6,9-11H,4,7-8H2,1-2H3,(H,20,22). The highest BCUT2D eigenvalue weighted by Crippen LogP contribution is 2.36. The lowest BCUT2D eigenvalue weighted by Gasteiger charge is -2.18. The molecule has 1 aliphatic rings. The van der Waals surface area contributed by atoms with E-state index < -0.39 is 15.9 Å². The van der Waals surface area contributed by atoms with Crippen LogP contribution in [0.2, 0.25) is 5.02 Å². The maximum Gasteiger partial charge on any atom is 0.255 e. The van der Waals surface area contributed by atoms with Crippen molar-refractivity contribution in [2.45, 2.75) is 6.42 Å². The number of hydrogen-bond acceptors (Lipinski definition) is 5. The number of nitrogens with zero attached hydrogens (tertiary/aromatic N) is 1. The van der Waals surface area contributed by atoms with E-state index in [1.165, 1.54) is 18.5 Å². The Labute approximate surface area is 162 Å². The molecule has 2 aromatic rings. The summed E-state index contributed by atoms with van der Waals surface area (Å²) in [5.41, 5.74) is 1.15. The number of carbonyl (C=O) groups is 1. The van der Waals surface area contributed by atoms with Gasteiger partial charge in [0, 0.05) is 24.2 Å². The van der Waals surface area contributed by atoms with Gasteiger partial charge in [-0.15, -0.1) is 0 Å². The van der Waals surface area contributed by atoms with Crippen LogP contribution in [-0.4, -0.2) is 40.8 Å². The summed E-state index contributed by atoms with van der Waals surface area (Å²) in [4.78, 5) is 12.6. The van der Waals surface area contributed by atoms with E-state index in [1.807, 2.05) is 0 Å². The number of methoxy groups -OCH3 is 2. The van der Waals surface area contributed by atoms with Crippen molar-refractivity contribution in [2.75, 3.05) is 36.1 Å². The predicted molar refractivity (Wildman–Crippen MR) is 105 cm³/mol. The Balaban J connectivity index is 1.86. The Morgan fingerprint density at radius 1 is 1.15 bits per heavy atom. The Morgan fingerprint density at radius 3 is 2.48 bits per heavy atom. The molecule has 0 radical (unpaired) electrons. The topological polar surface area (TPSA) is 84.9 Å². The van der Waals surface area contributed by atoms with Gasteiger partial charge in [-0.3, -0.25) is 9.10 Å². The molecule has 0 atom stereocenters. The molecular weight excluding hydrogens is 392 g/mol. The number of benzene rings is 2. The number of rotatable bonds is 5. The second kappa shape index (κ2) is 7.66. The maximum absolute atomic E-state index is 12.6. The molecule has 0 aliphatic carbocycles. The lowest BCUT2D eigenvalue weighted by atomic mass is 10.1. The Hall–Kier alpha value is -2.45. The average molecular weight is 411 g/mol. The zero-order valence-corrected chi connectivity index (χ0v) is 16.4. The van der Waals surface area contributed by atoms with Crippen molar-refractivity contribution >= 4 is 38.9 Å². The lowest BCUT2D eigenvalue weighted by Crippen LogP contribution is -2.25. The molecule has 0 saturated carbocycles. The summed E-state index contributed by atoms with van der Waals surface area (Å²) in [6.45, 7) is 0.412. The number of sulfonamides is 1. The van der Waals surface area contributed by atoms with Gasteiger partial charge >= 0.3 is 0 Å². The third kappa shape index (κ3) is 3.96. The van der Waals surface area contributed by atoms with Crippen molar-refractivity contribution in [2.24, 2.45) is 0 Å². The zero-order chi connectivity index (χ0) is 19.6. The fourth-order valence-corrected chi connectivity index (χ4v) is 4.63. The van der Waals surface area contributed by atoms with E-state index in [2.05, 4.69) is 5.32 Å². The van der Waals surface area contributed by atoms with Crippen molar-refractivity contribution in [1.82, 2.24) is 0 Å². The van der Waals surface area contributed by atoms with Crippen molar-refractivity contribution in [1.29, 1.82) is 0 Å². The van der Waals surface area contributed by atoms with Crippen LogP contribution in [0, 0.1) is 0 Å². The van der Waals surface area contributed by atoms with Crippen LogP contribution in [0.4, 0.5) is 11.4 Å². The average Bonchev–Trinajstić information content (AvgIpc) is 3.02. The molecule has 1 saturated heterocycles. The van der Waals surface area contributed by atoms with E-state index >= 15 is 0 Å². The largest absolute Gasteiger partial charge is 0.493 e. The molecule has 3 rings (SSSR count). The number of amides is 1. The molecule has 0 bridgehead atoms. The van der Waals surface area contributed by atoms with Crippen LogP contribution in [-0.2, 0) is 10.0 Å². The van der Waals surface area contributed by atoms with E-state index in [0.29, 0.717) is 46.4 Å². The van der Waals surface area contributed by atoms with Crippen LogP contribution >= 0.6 is 11.6 Å². The minimum Gasteiger partial charge on any atom is -0.493 e. The summed E-state index contributed by atoms with van der Waals surface area (Å²) >= 11 is 6.20. The molecule has 144 valence electrons. The van der Waals surface area contributed by atoms with Crippen LogP contribution in [0.15, 0.2) is 36.4 Å². The van der Waals surface area contributed by atoms with Gasteiger partial charge in [0.05, 0.1) is 36.4 Å². The second-order valence-corrected chi connectivity index (χ2v) is 8.35. The molecule has 0 spiro atoms. The van der Waals surface area contributed by atoms with E-state index in [0.717, 1.165) is 0 Å². The van der Waals surface area contributed by atoms with Crippen LogP contribution in [0.1, 0.15) is 16.8 Å². The molecule has 2 aromatic carbocycles. The van der Waals surface area contributed by atoms with Gasteiger partial charge < -0.3 is 14.8 Å². The van der Waals surface area contributed by atoms with Crippen molar-refractivity contribution in [3.8, 4) is 11.5 Å². The summed E-state index contributed by atoms with van der Waals surface area (Å²) in [7, 11) is -0.341. The first kappa shape index (κ1) is 19.3. The fourth-order valence-electron chi connectivity index (χ4n) is 2.88. The SMILES string of the molecule is COc1cc(Cl)c(NC(=O)c2cccc(N3CCCS3(=O)=O)c2)cc1OC. The van der Waals surface area contributed by atoms with E-state index in [4.69, 9.17) is 21.1 Å². The summed E-state index contributed by atoms with van der Waals surface area (Å²) < 4.78 is 35.9. The summed E-state index contributed by atoms with van der Waals surface area (Å²) in [5.74, 6) is 0.573. The van der Waals surface area contributed by atoms with Crippen molar-refractivity contribution in [3.63, 3.8) is 0 Å². The van der Waals surface area contributed by atoms with E-state index in [1.54, 1.807) is 36.4 Å². The number of ether oxygens (including phenoxy) is 2. The maximum atomic E-state index is 12.6. The van der Waals surface area contributed by atoms with Gasteiger partial charge in [-0.2, -0.15) is 0 Å². The first-order valence-electron chi connectivity index (χ1n) is 8.19. The van der Waals surface area contributed by atoms with E-state index in [9.17, 15) is 13.2 Å². The lowest BCUT2D eigenvalue weighted by molar-refractivity contribution is 0.102. The fraction of sp³-hybridized carbons (Fsp3) is 0.278. The van der Waals surface area contributed by atoms with Gasteiger partial charge in [0.25, 0.3) is 5.91 Å². The van der Waals surface area contributed by atoms with Gasteiger partial charge in [-0.05, 0) is 24.6 Å². The second-order valence-electron chi connectivity index (χ2n) is 5.93. The molecule has 1 N–H and O–H groups in total. The zero-order valence-electron chi connectivity index (χ0n) is 14.9. The molecule has 1 aliphatic heterocycles. The molecule has 1 heterocycles.